The Morgan fingerprint density at radius 3 is 2.67 bits per heavy atom. The normalized spacial score (nSPS) is 10.5. The molecule has 3 aromatic rings. The molecule has 0 saturated carbocycles. The summed E-state index contributed by atoms with van der Waals surface area (Å²) in [6.07, 6.45) is 1.58. The minimum absolute atomic E-state index is 0.284. The zero-order valence-corrected chi connectivity index (χ0v) is 14.3. The van der Waals surface area contributed by atoms with Crippen LogP contribution < -0.4 is 14.8 Å². The second-order valence-electron chi connectivity index (χ2n) is 4.92. The molecule has 0 spiro atoms. The predicted octanol–water partition coefficient (Wildman–Crippen LogP) is 3.98. The first-order chi connectivity index (χ1) is 11.6. The third kappa shape index (κ3) is 3.11. The predicted molar refractivity (Wildman–Crippen MR) is 92.1 cm³/mol. The fourth-order valence-electron chi connectivity index (χ4n) is 2.22. The topological polar surface area (TPSA) is 73.6 Å². The van der Waals surface area contributed by atoms with Crippen LogP contribution in [0.3, 0.4) is 0 Å². The van der Waals surface area contributed by atoms with Gasteiger partial charge in [0.25, 0.3) is 5.91 Å². The van der Waals surface area contributed by atoms with Gasteiger partial charge >= 0.3 is 0 Å². The first-order valence-electron chi connectivity index (χ1n) is 7.17. The Hall–Kier alpha value is -2.80. The number of methoxy groups -OCH3 is 2. The van der Waals surface area contributed by atoms with Crippen molar-refractivity contribution in [2.75, 3.05) is 19.5 Å². The van der Waals surface area contributed by atoms with Gasteiger partial charge < -0.3 is 19.2 Å². The summed E-state index contributed by atoms with van der Waals surface area (Å²) in [5, 5.41) is 3.50. The number of rotatable bonds is 5. The number of thiazole rings is 1. The van der Waals surface area contributed by atoms with Crippen molar-refractivity contribution in [3.8, 4) is 22.3 Å². The van der Waals surface area contributed by atoms with Crippen molar-refractivity contribution in [3.63, 3.8) is 0 Å². The van der Waals surface area contributed by atoms with Crippen LogP contribution >= 0.6 is 11.3 Å². The number of carbonyl (C=O) groups excluding carboxylic acids is 1. The summed E-state index contributed by atoms with van der Waals surface area (Å²) in [5.74, 6) is 1.50. The summed E-state index contributed by atoms with van der Waals surface area (Å²) in [7, 11) is 3.11. The molecule has 1 aromatic carbocycles. The third-order valence-electron chi connectivity index (χ3n) is 3.39. The van der Waals surface area contributed by atoms with Gasteiger partial charge in [-0.1, -0.05) is 0 Å². The molecule has 0 saturated heterocycles. The van der Waals surface area contributed by atoms with Crippen LogP contribution in [0.5, 0.6) is 11.5 Å². The van der Waals surface area contributed by atoms with E-state index in [1.807, 2.05) is 13.0 Å². The Morgan fingerprint density at radius 2 is 2.00 bits per heavy atom. The lowest BCUT2D eigenvalue weighted by atomic mass is 10.2. The number of aromatic nitrogens is 1. The highest BCUT2D eigenvalue weighted by molar-refractivity contribution is 7.15. The Balaban J connectivity index is 1.83. The summed E-state index contributed by atoms with van der Waals surface area (Å²) < 4.78 is 15.8. The number of benzene rings is 1. The Labute approximate surface area is 143 Å². The van der Waals surface area contributed by atoms with Crippen LogP contribution in [0.4, 0.5) is 5.69 Å². The summed E-state index contributed by atoms with van der Waals surface area (Å²) in [5.41, 5.74) is 0.978. The van der Waals surface area contributed by atoms with Gasteiger partial charge in [-0.2, -0.15) is 0 Å². The molecule has 0 atom stereocenters. The van der Waals surface area contributed by atoms with Crippen molar-refractivity contribution in [1.82, 2.24) is 4.98 Å². The van der Waals surface area contributed by atoms with E-state index in [-0.39, 0.29) is 5.91 Å². The number of amides is 1. The van der Waals surface area contributed by atoms with E-state index >= 15 is 0 Å². The van der Waals surface area contributed by atoms with Crippen LogP contribution in [-0.2, 0) is 0 Å². The largest absolute Gasteiger partial charge is 0.493 e. The second kappa shape index (κ2) is 6.76. The number of furan rings is 1. The Bertz CT molecular complexity index is 856. The molecule has 124 valence electrons. The highest BCUT2D eigenvalue weighted by atomic mass is 32.1. The molecule has 6 nitrogen and oxygen atoms in total. The lowest BCUT2D eigenvalue weighted by molar-refractivity contribution is 0.102. The molecule has 0 aliphatic heterocycles. The molecule has 1 amide bonds. The zero-order chi connectivity index (χ0) is 17.1. The van der Waals surface area contributed by atoms with Crippen molar-refractivity contribution >= 4 is 22.9 Å². The maximum atomic E-state index is 12.5. The number of ether oxygens (including phenoxy) is 2. The van der Waals surface area contributed by atoms with E-state index in [4.69, 9.17) is 13.9 Å². The minimum Gasteiger partial charge on any atom is -0.493 e. The Kier molecular flexibility index (Phi) is 4.52. The molecular weight excluding hydrogens is 328 g/mol. The van der Waals surface area contributed by atoms with Crippen LogP contribution in [0.25, 0.3) is 10.8 Å². The molecule has 0 radical (unpaired) electrons. The molecule has 0 fully saturated rings. The zero-order valence-electron chi connectivity index (χ0n) is 13.5. The SMILES string of the molecule is COc1ccc(NC(=O)c2nc(-c3ccco3)sc2C)cc1OC. The van der Waals surface area contributed by atoms with Crippen LogP contribution in [0, 0.1) is 6.92 Å². The van der Waals surface area contributed by atoms with E-state index in [0.717, 1.165) is 4.88 Å². The number of nitrogens with zero attached hydrogens (tertiary/aromatic N) is 1. The first kappa shape index (κ1) is 16.1. The van der Waals surface area contributed by atoms with Gasteiger partial charge in [-0.25, -0.2) is 4.98 Å². The average Bonchev–Trinajstić information content (AvgIpc) is 3.24. The third-order valence-corrected chi connectivity index (χ3v) is 4.37. The van der Waals surface area contributed by atoms with Gasteiger partial charge in [-0.05, 0) is 31.2 Å². The maximum absolute atomic E-state index is 12.5. The molecule has 3 rings (SSSR count). The van der Waals surface area contributed by atoms with Crippen LogP contribution in [0.2, 0.25) is 0 Å². The lowest BCUT2D eigenvalue weighted by Crippen LogP contribution is -2.13. The van der Waals surface area contributed by atoms with Crippen molar-refractivity contribution < 1.29 is 18.7 Å². The van der Waals surface area contributed by atoms with Gasteiger partial charge in [-0.15, -0.1) is 11.3 Å². The first-order valence-corrected chi connectivity index (χ1v) is 7.98. The summed E-state index contributed by atoms with van der Waals surface area (Å²) >= 11 is 1.41. The van der Waals surface area contributed by atoms with Crippen LogP contribution in [0.1, 0.15) is 15.4 Å². The number of anilines is 1. The molecule has 2 aromatic heterocycles. The summed E-state index contributed by atoms with van der Waals surface area (Å²) in [6, 6.07) is 8.78. The van der Waals surface area contributed by atoms with Gasteiger partial charge in [0, 0.05) is 16.6 Å². The van der Waals surface area contributed by atoms with E-state index in [2.05, 4.69) is 10.3 Å². The quantitative estimate of drug-likeness (QED) is 0.758. The highest BCUT2D eigenvalue weighted by Crippen LogP contribution is 2.31. The standard InChI is InChI=1S/C17H16N2O4S/c1-10-15(19-17(24-10)13-5-4-8-23-13)16(20)18-11-6-7-12(21-2)14(9-11)22-3/h4-9H,1-3H3,(H,18,20). The van der Waals surface area contributed by atoms with Gasteiger partial charge in [-0.3, -0.25) is 4.79 Å². The maximum Gasteiger partial charge on any atom is 0.275 e. The Morgan fingerprint density at radius 1 is 1.21 bits per heavy atom. The molecular formula is C17H16N2O4S. The highest BCUT2D eigenvalue weighted by Gasteiger charge is 2.18. The molecule has 7 heteroatoms. The van der Waals surface area contributed by atoms with Crippen molar-refractivity contribution in [3.05, 3.63) is 47.2 Å². The van der Waals surface area contributed by atoms with Gasteiger partial charge in [0.1, 0.15) is 5.69 Å². The molecule has 0 aliphatic rings. The smallest absolute Gasteiger partial charge is 0.275 e. The molecule has 24 heavy (non-hydrogen) atoms. The van der Waals surface area contributed by atoms with Crippen LogP contribution in [-0.4, -0.2) is 25.1 Å². The monoisotopic (exact) mass is 344 g/mol. The second-order valence-corrected chi connectivity index (χ2v) is 6.13. The fraction of sp³-hybridized carbons (Fsp3) is 0.176. The van der Waals surface area contributed by atoms with Crippen LogP contribution in [0.15, 0.2) is 41.0 Å². The molecule has 0 unspecified atom stereocenters. The summed E-state index contributed by atoms with van der Waals surface area (Å²) in [6.45, 7) is 1.85. The van der Waals surface area contributed by atoms with E-state index < -0.39 is 0 Å². The van der Waals surface area contributed by atoms with E-state index in [0.29, 0.717) is 33.6 Å². The fourth-order valence-corrected chi connectivity index (χ4v) is 3.10. The average molecular weight is 344 g/mol. The van der Waals surface area contributed by atoms with Crippen molar-refractivity contribution in [2.45, 2.75) is 6.92 Å². The number of nitrogens with one attached hydrogen (secondary N) is 1. The molecule has 2 heterocycles. The van der Waals surface area contributed by atoms with Gasteiger partial charge in [0.15, 0.2) is 22.3 Å². The number of carbonyl (C=O) groups is 1. The summed E-state index contributed by atoms with van der Waals surface area (Å²) in [4.78, 5) is 17.7. The minimum atomic E-state index is -0.284. The number of hydrogen-bond acceptors (Lipinski definition) is 6. The van der Waals surface area contributed by atoms with E-state index in [1.54, 1.807) is 44.7 Å². The number of aryl methyl sites for hydroxylation is 1. The van der Waals surface area contributed by atoms with Crippen molar-refractivity contribution in [1.29, 1.82) is 0 Å². The molecule has 0 aliphatic carbocycles. The van der Waals surface area contributed by atoms with Crippen molar-refractivity contribution in [2.24, 2.45) is 0 Å². The number of hydrogen-bond donors (Lipinski definition) is 1. The van der Waals surface area contributed by atoms with E-state index in [1.165, 1.54) is 11.3 Å². The van der Waals surface area contributed by atoms with E-state index in [9.17, 15) is 4.79 Å². The lowest BCUT2D eigenvalue weighted by Gasteiger charge is -2.10. The van der Waals surface area contributed by atoms with Gasteiger partial charge in [0.2, 0.25) is 0 Å². The molecule has 1 N–H and O–H groups in total. The molecule has 0 bridgehead atoms. The van der Waals surface area contributed by atoms with Gasteiger partial charge in [0.05, 0.1) is 20.5 Å².